The van der Waals surface area contributed by atoms with E-state index in [1.807, 2.05) is 0 Å². The van der Waals surface area contributed by atoms with Crippen LogP contribution >= 0.6 is 0 Å². The number of nitrogens with one attached hydrogen (secondary N) is 1. The Morgan fingerprint density at radius 3 is 2.78 bits per heavy atom. The number of benzene rings is 1. The molecule has 0 radical (unpaired) electrons. The van der Waals surface area contributed by atoms with E-state index < -0.39 is 11.6 Å². The Bertz CT molecular complexity index is 361. The van der Waals surface area contributed by atoms with Gasteiger partial charge in [-0.25, -0.2) is 8.78 Å². The molecule has 1 N–H and O–H groups in total. The van der Waals surface area contributed by atoms with Gasteiger partial charge in [0.05, 0.1) is 6.10 Å². The fraction of sp³-hybridized carbons (Fsp3) is 0.538. The van der Waals surface area contributed by atoms with Crippen LogP contribution in [0.2, 0.25) is 0 Å². The van der Waals surface area contributed by atoms with Crippen LogP contribution in [0.25, 0.3) is 0 Å². The molecule has 1 aromatic carbocycles. The highest BCUT2D eigenvalue weighted by Gasteiger charge is 2.14. The molecule has 1 aliphatic heterocycles. The monoisotopic (exact) mass is 257 g/mol. The Labute approximate surface area is 105 Å². The van der Waals surface area contributed by atoms with E-state index in [1.165, 1.54) is 18.2 Å². The van der Waals surface area contributed by atoms with Crippen LogP contribution in [0, 0.1) is 11.6 Å². The Balaban J connectivity index is 1.65. The molecule has 0 spiro atoms. The zero-order valence-electron chi connectivity index (χ0n) is 10.1. The third kappa shape index (κ3) is 3.65. The molecular weight excluding hydrogens is 240 g/mol. The predicted molar refractivity (Wildman–Crippen MR) is 63.7 cm³/mol. The van der Waals surface area contributed by atoms with Crippen LogP contribution < -0.4 is 10.1 Å². The fourth-order valence-corrected chi connectivity index (χ4v) is 1.91. The highest BCUT2D eigenvalue weighted by molar-refractivity contribution is 5.25. The number of hydrogen-bond donors (Lipinski definition) is 1. The molecule has 1 aromatic rings. The predicted octanol–water partition coefficient (Wildman–Crippen LogP) is 2.11. The first-order valence-corrected chi connectivity index (χ1v) is 6.16. The molecule has 1 aliphatic rings. The lowest BCUT2D eigenvalue weighted by molar-refractivity contribution is 0.109. The van der Waals surface area contributed by atoms with Gasteiger partial charge in [-0.15, -0.1) is 0 Å². The van der Waals surface area contributed by atoms with E-state index in [0.717, 1.165) is 26.0 Å². The van der Waals surface area contributed by atoms with Crippen molar-refractivity contribution in [1.82, 2.24) is 5.32 Å². The van der Waals surface area contributed by atoms with Crippen LogP contribution in [0.3, 0.4) is 0 Å². The van der Waals surface area contributed by atoms with Crippen molar-refractivity contribution in [1.29, 1.82) is 0 Å². The van der Waals surface area contributed by atoms with Crippen molar-refractivity contribution in [2.45, 2.75) is 18.9 Å². The Kier molecular flexibility index (Phi) is 4.90. The van der Waals surface area contributed by atoms with Gasteiger partial charge in [0.15, 0.2) is 17.4 Å². The normalized spacial score (nSPS) is 19.1. The number of halogens is 2. The molecule has 5 heteroatoms. The van der Waals surface area contributed by atoms with Crippen molar-refractivity contribution in [3.05, 3.63) is 29.8 Å². The van der Waals surface area contributed by atoms with Crippen LogP contribution in [0.15, 0.2) is 18.2 Å². The van der Waals surface area contributed by atoms with Gasteiger partial charge in [-0.05, 0) is 25.0 Å². The summed E-state index contributed by atoms with van der Waals surface area (Å²) in [6.07, 6.45) is 2.43. The standard InChI is InChI=1S/C13H17F2NO2/c14-11-4-1-5-12(15)13(11)18-8-6-16-9-10-3-2-7-17-10/h1,4-5,10,16H,2-3,6-9H2. The summed E-state index contributed by atoms with van der Waals surface area (Å²) in [6, 6.07) is 3.67. The molecule has 1 fully saturated rings. The molecule has 1 heterocycles. The summed E-state index contributed by atoms with van der Waals surface area (Å²) in [5.74, 6) is -1.65. The maximum atomic E-state index is 13.2. The van der Waals surface area contributed by atoms with Gasteiger partial charge in [-0.2, -0.15) is 0 Å². The van der Waals surface area contributed by atoms with E-state index >= 15 is 0 Å². The van der Waals surface area contributed by atoms with Gasteiger partial charge >= 0.3 is 0 Å². The van der Waals surface area contributed by atoms with E-state index in [2.05, 4.69) is 5.32 Å². The summed E-state index contributed by atoms with van der Waals surface area (Å²) >= 11 is 0. The minimum Gasteiger partial charge on any atom is -0.486 e. The van der Waals surface area contributed by atoms with Gasteiger partial charge in [-0.1, -0.05) is 6.07 Å². The molecule has 100 valence electrons. The topological polar surface area (TPSA) is 30.5 Å². The second-order valence-electron chi connectivity index (χ2n) is 4.24. The van der Waals surface area contributed by atoms with E-state index in [9.17, 15) is 8.78 Å². The number of para-hydroxylation sites is 1. The summed E-state index contributed by atoms with van der Waals surface area (Å²) in [6.45, 7) is 2.34. The van der Waals surface area contributed by atoms with Gasteiger partial charge in [-0.3, -0.25) is 0 Å². The summed E-state index contributed by atoms with van der Waals surface area (Å²) < 4.78 is 36.9. The molecule has 3 nitrogen and oxygen atoms in total. The third-order valence-corrected chi connectivity index (χ3v) is 2.84. The summed E-state index contributed by atoms with van der Waals surface area (Å²) in [4.78, 5) is 0. The zero-order valence-corrected chi connectivity index (χ0v) is 10.1. The maximum Gasteiger partial charge on any atom is 0.190 e. The number of hydrogen-bond acceptors (Lipinski definition) is 3. The second-order valence-corrected chi connectivity index (χ2v) is 4.24. The minimum atomic E-state index is -0.672. The second kappa shape index (κ2) is 6.66. The van der Waals surface area contributed by atoms with E-state index in [-0.39, 0.29) is 18.5 Å². The highest BCUT2D eigenvalue weighted by atomic mass is 19.1. The Morgan fingerprint density at radius 2 is 2.11 bits per heavy atom. The molecule has 1 atom stereocenters. The summed E-state index contributed by atoms with van der Waals surface area (Å²) in [5.41, 5.74) is 0. The van der Waals surface area contributed by atoms with Crippen LogP contribution in [-0.4, -0.2) is 32.4 Å². The van der Waals surface area contributed by atoms with Gasteiger partial charge in [0, 0.05) is 19.7 Å². The van der Waals surface area contributed by atoms with E-state index in [1.54, 1.807) is 0 Å². The first kappa shape index (κ1) is 13.2. The number of rotatable bonds is 6. The SMILES string of the molecule is Fc1cccc(F)c1OCCNCC1CCCO1. The van der Waals surface area contributed by atoms with Crippen molar-refractivity contribution >= 4 is 0 Å². The first-order valence-electron chi connectivity index (χ1n) is 6.16. The molecule has 0 amide bonds. The molecule has 1 unspecified atom stereocenters. The Morgan fingerprint density at radius 1 is 1.33 bits per heavy atom. The molecule has 1 saturated heterocycles. The average Bonchev–Trinajstić information content (AvgIpc) is 2.85. The Hall–Kier alpha value is -1.20. The van der Waals surface area contributed by atoms with Crippen LogP contribution in [-0.2, 0) is 4.74 Å². The molecule has 2 rings (SSSR count). The lowest BCUT2D eigenvalue weighted by Gasteiger charge is -2.12. The lowest BCUT2D eigenvalue weighted by Crippen LogP contribution is -2.29. The molecule has 18 heavy (non-hydrogen) atoms. The van der Waals surface area contributed by atoms with Gasteiger partial charge in [0.25, 0.3) is 0 Å². The van der Waals surface area contributed by atoms with E-state index in [0.29, 0.717) is 6.54 Å². The third-order valence-electron chi connectivity index (χ3n) is 2.84. The van der Waals surface area contributed by atoms with Crippen LogP contribution in [0.1, 0.15) is 12.8 Å². The van der Waals surface area contributed by atoms with Crippen molar-refractivity contribution in [3.8, 4) is 5.75 Å². The van der Waals surface area contributed by atoms with Crippen molar-refractivity contribution in [2.24, 2.45) is 0 Å². The number of ether oxygens (including phenoxy) is 2. The van der Waals surface area contributed by atoms with Gasteiger partial charge in [0.2, 0.25) is 0 Å². The van der Waals surface area contributed by atoms with Gasteiger partial charge < -0.3 is 14.8 Å². The van der Waals surface area contributed by atoms with Gasteiger partial charge in [0.1, 0.15) is 6.61 Å². The molecule has 0 aliphatic carbocycles. The van der Waals surface area contributed by atoms with Crippen LogP contribution in [0.4, 0.5) is 8.78 Å². The van der Waals surface area contributed by atoms with Crippen molar-refractivity contribution in [2.75, 3.05) is 26.3 Å². The molecule has 0 saturated carbocycles. The summed E-state index contributed by atoms with van der Waals surface area (Å²) in [7, 11) is 0. The fourth-order valence-electron chi connectivity index (χ4n) is 1.91. The average molecular weight is 257 g/mol. The molecule has 0 aromatic heterocycles. The smallest absolute Gasteiger partial charge is 0.190 e. The van der Waals surface area contributed by atoms with E-state index in [4.69, 9.17) is 9.47 Å². The maximum absolute atomic E-state index is 13.2. The zero-order chi connectivity index (χ0) is 12.8. The molecule has 0 bridgehead atoms. The van der Waals surface area contributed by atoms with Crippen molar-refractivity contribution < 1.29 is 18.3 Å². The molecular formula is C13H17F2NO2. The summed E-state index contributed by atoms with van der Waals surface area (Å²) in [5, 5.41) is 3.14. The quantitative estimate of drug-likeness (QED) is 0.792. The first-order chi connectivity index (χ1) is 8.77. The van der Waals surface area contributed by atoms with Crippen LogP contribution in [0.5, 0.6) is 5.75 Å². The minimum absolute atomic E-state index is 0.227. The largest absolute Gasteiger partial charge is 0.486 e. The van der Waals surface area contributed by atoms with Crippen molar-refractivity contribution in [3.63, 3.8) is 0 Å². The lowest BCUT2D eigenvalue weighted by atomic mass is 10.2. The highest BCUT2D eigenvalue weighted by Crippen LogP contribution is 2.20.